The molecule has 1 aliphatic heterocycles. The van der Waals surface area contributed by atoms with E-state index < -0.39 is 0 Å². The van der Waals surface area contributed by atoms with Crippen LogP contribution in [0, 0.1) is 5.92 Å². The van der Waals surface area contributed by atoms with Crippen LogP contribution >= 0.6 is 0 Å². The molecule has 0 unspecified atom stereocenters. The first-order valence-electron chi connectivity index (χ1n) is 9.40. The Morgan fingerprint density at radius 1 is 1.28 bits per heavy atom. The number of nitrogens with zero attached hydrogens (tertiary/aromatic N) is 2. The normalized spacial score (nSPS) is 16.6. The van der Waals surface area contributed by atoms with Gasteiger partial charge in [-0.05, 0) is 70.4 Å². The Kier molecular flexibility index (Phi) is 7.88. The fourth-order valence-corrected chi connectivity index (χ4v) is 3.05. The molecule has 1 heterocycles. The van der Waals surface area contributed by atoms with Crippen LogP contribution in [0.3, 0.4) is 0 Å². The van der Waals surface area contributed by atoms with Gasteiger partial charge in [-0.2, -0.15) is 0 Å². The summed E-state index contributed by atoms with van der Waals surface area (Å²) in [6, 6.07) is 8.41. The van der Waals surface area contributed by atoms with Crippen LogP contribution in [0.25, 0.3) is 0 Å². The second-order valence-corrected chi connectivity index (χ2v) is 7.43. The molecule has 0 aliphatic carbocycles. The van der Waals surface area contributed by atoms with Crippen LogP contribution in [0.4, 0.5) is 0 Å². The standard InChI is InChI=1S/C20H33N3O2/c1-16(2)22(3)13-10-21-20(25)19-6-4-17(5-7-19)14-23-11-8-18(15-24)9-12-23/h4-7,16,18,24H,8-15H2,1-3H3,(H,21,25). The highest BCUT2D eigenvalue weighted by molar-refractivity contribution is 5.94. The van der Waals surface area contributed by atoms with E-state index in [1.54, 1.807) is 0 Å². The van der Waals surface area contributed by atoms with Crippen LogP contribution in [0.15, 0.2) is 24.3 Å². The summed E-state index contributed by atoms with van der Waals surface area (Å²) in [6.45, 7) is 9.11. The van der Waals surface area contributed by atoms with Crippen molar-refractivity contribution in [1.29, 1.82) is 0 Å². The molecule has 1 saturated heterocycles. The number of piperidine rings is 1. The Morgan fingerprint density at radius 2 is 1.92 bits per heavy atom. The molecule has 0 saturated carbocycles. The molecule has 25 heavy (non-hydrogen) atoms. The third kappa shape index (κ3) is 6.42. The zero-order valence-electron chi connectivity index (χ0n) is 15.9. The summed E-state index contributed by atoms with van der Waals surface area (Å²) < 4.78 is 0. The second kappa shape index (κ2) is 9.90. The van der Waals surface area contributed by atoms with Crippen LogP contribution in [-0.4, -0.2) is 66.7 Å². The summed E-state index contributed by atoms with van der Waals surface area (Å²) in [5.41, 5.74) is 1.95. The molecule has 1 fully saturated rings. The maximum absolute atomic E-state index is 12.2. The topological polar surface area (TPSA) is 55.8 Å². The molecular weight excluding hydrogens is 314 g/mol. The fourth-order valence-electron chi connectivity index (χ4n) is 3.05. The van der Waals surface area contributed by atoms with Gasteiger partial charge in [0.2, 0.25) is 0 Å². The predicted octanol–water partition coefficient (Wildman–Crippen LogP) is 1.96. The summed E-state index contributed by atoms with van der Waals surface area (Å²) in [5, 5.41) is 12.2. The summed E-state index contributed by atoms with van der Waals surface area (Å²) >= 11 is 0. The van der Waals surface area contributed by atoms with Gasteiger partial charge < -0.3 is 15.3 Å². The van der Waals surface area contributed by atoms with E-state index in [0.717, 1.165) is 44.6 Å². The van der Waals surface area contributed by atoms with Crippen molar-refractivity contribution < 1.29 is 9.90 Å². The molecule has 1 aliphatic rings. The van der Waals surface area contributed by atoms with Gasteiger partial charge in [-0.3, -0.25) is 9.69 Å². The van der Waals surface area contributed by atoms with E-state index in [1.165, 1.54) is 5.56 Å². The number of rotatable bonds is 8. The molecule has 0 bridgehead atoms. The smallest absolute Gasteiger partial charge is 0.251 e. The molecule has 5 nitrogen and oxygen atoms in total. The van der Waals surface area contributed by atoms with Gasteiger partial charge in [0.25, 0.3) is 5.91 Å². The number of aliphatic hydroxyl groups is 1. The highest BCUT2D eigenvalue weighted by Crippen LogP contribution is 2.18. The van der Waals surface area contributed by atoms with Gasteiger partial charge in [-0.1, -0.05) is 12.1 Å². The lowest BCUT2D eigenvalue weighted by molar-refractivity contribution is 0.0948. The fraction of sp³-hybridized carbons (Fsp3) is 0.650. The van der Waals surface area contributed by atoms with Gasteiger partial charge in [-0.25, -0.2) is 0 Å². The molecule has 1 amide bonds. The number of carbonyl (C=O) groups is 1. The third-order valence-corrected chi connectivity index (χ3v) is 5.22. The molecule has 5 heteroatoms. The zero-order chi connectivity index (χ0) is 18.2. The van der Waals surface area contributed by atoms with Crippen LogP contribution in [0.5, 0.6) is 0 Å². The van der Waals surface area contributed by atoms with Gasteiger partial charge >= 0.3 is 0 Å². The molecule has 0 aromatic heterocycles. The summed E-state index contributed by atoms with van der Waals surface area (Å²) in [7, 11) is 2.06. The van der Waals surface area contributed by atoms with Crippen LogP contribution < -0.4 is 5.32 Å². The van der Waals surface area contributed by atoms with Crippen molar-refractivity contribution >= 4 is 5.91 Å². The van der Waals surface area contributed by atoms with E-state index in [-0.39, 0.29) is 5.91 Å². The third-order valence-electron chi connectivity index (χ3n) is 5.22. The van der Waals surface area contributed by atoms with Gasteiger partial charge in [0.05, 0.1) is 0 Å². The predicted molar refractivity (Wildman–Crippen MR) is 102 cm³/mol. The van der Waals surface area contributed by atoms with E-state index in [9.17, 15) is 9.90 Å². The number of benzene rings is 1. The summed E-state index contributed by atoms with van der Waals surface area (Å²) in [5.74, 6) is 0.463. The van der Waals surface area contributed by atoms with Gasteiger partial charge in [0.15, 0.2) is 0 Å². The molecular formula is C20H33N3O2. The number of hydrogen-bond acceptors (Lipinski definition) is 4. The van der Waals surface area contributed by atoms with Crippen molar-refractivity contribution in [2.24, 2.45) is 5.92 Å². The molecule has 0 atom stereocenters. The van der Waals surface area contributed by atoms with Crippen LogP contribution in [0.1, 0.15) is 42.6 Å². The number of aliphatic hydroxyl groups excluding tert-OH is 1. The minimum absolute atomic E-state index is 0.00698. The van der Waals surface area contributed by atoms with Crippen molar-refractivity contribution in [1.82, 2.24) is 15.1 Å². The second-order valence-electron chi connectivity index (χ2n) is 7.43. The lowest BCUT2D eigenvalue weighted by atomic mass is 9.97. The molecule has 1 aromatic rings. The van der Waals surface area contributed by atoms with E-state index in [4.69, 9.17) is 0 Å². The average molecular weight is 348 g/mol. The van der Waals surface area contributed by atoms with Crippen LogP contribution in [-0.2, 0) is 6.54 Å². The van der Waals surface area contributed by atoms with Gasteiger partial charge in [0, 0.05) is 37.8 Å². The Morgan fingerprint density at radius 3 is 2.48 bits per heavy atom. The van der Waals surface area contributed by atoms with E-state index in [0.29, 0.717) is 25.1 Å². The number of amides is 1. The Labute approximate surface area is 152 Å². The molecule has 2 rings (SSSR count). The lowest BCUT2D eigenvalue weighted by Crippen LogP contribution is -2.36. The van der Waals surface area contributed by atoms with Crippen LogP contribution in [0.2, 0.25) is 0 Å². The number of nitrogens with one attached hydrogen (secondary N) is 1. The first-order valence-corrected chi connectivity index (χ1v) is 9.40. The Hall–Kier alpha value is -1.43. The minimum atomic E-state index is -0.00698. The van der Waals surface area contributed by atoms with Crippen molar-refractivity contribution in [2.75, 3.05) is 39.8 Å². The van der Waals surface area contributed by atoms with Crippen molar-refractivity contribution in [3.63, 3.8) is 0 Å². The highest BCUT2D eigenvalue weighted by atomic mass is 16.3. The zero-order valence-corrected chi connectivity index (χ0v) is 15.9. The van der Waals surface area contributed by atoms with Crippen molar-refractivity contribution in [2.45, 2.75) is 39.3 Å². The number of likely N-dealkylation sites (N-methyl/N-ethyl adjacent to an activating group) is 1. The Balaban J connectivity index is 1.76. The SMILES string of the molecule is CC(C)N(C)CCNC(=O)c1ccc(CN2CCC(CO)CC2)cc1. The number of likely N-dealkylation sites (tertiary alicyclic amines) is 1. The first kappa shape index (κ1) is 19.9. The quantitative estimate of drug-likeness (QED) is 0.755. The van der Waals surface area contributed by atoms with Gasteiger partial charge in [0.1, 0.15) is 0 Å². The maximum atomic E-state index is 12.2. The minimum Gasteiger partial charge on any atom is -0.396 e. The molecule has 2 N–H and O–H groups in total. The summed E-state index contributed by atoms with van der Waals surface area (Å²) in [4.78, 5) is 16.8. The lowest BCUT2D eigenvalue weighted by Gasteiger charge is -2.31. The molecule has 0 radical (unpaired) electrons. The monoisotopic (exact) mass is 347 g/mol. The highest BCUT2D eigenvalue weighted by Gasteiger charge is 2.18. The van der Waals surface area contributed by atoms with E-state index >= 15 is 0 Å². The molecule has 1 aromatic carbocycles. The van der Waals surface area contributed by atoms with Gasteiger partial charge in [-0.15, -0.1) is 0 Å². The molecule has 0 spiro atoms. The maximum Gasteiger partial charge on any atom is 0.251 e. The summed E-state index contributed by atoms with van der Waals surface area (Å²) in [6.07, 6.45) is 2.14. The number of carbonyl (C=O) groups excluding carboxylic acids is 1. The first-order chi connectivity index (χ1) is 12.0. The van der Waals surface area contributed by atoms with Crippen molar-refractivity contribution in [3.05, 3.63) is 35.4 Å². The average Bonchev–Trinajstić information content (AvgIpc) is 2.62. The van der Waals surface area contributed by atoms with E-state index in [2.05, 4.69) is 36.0 Å². The van der Waals surface area contributed by atoms with E-state index in [1.807, 2.05) is 24.3 Å². The molecule has 140 valence electrons. The number of hydrogen-bond donors (Lipinski definition) is 2. The largest absolute Gasteiger partial charge is 0.396 e. The Bertz CT molecular complexity index is 522. The van der Waals surface area contributed by atoms with Crippen molar-refractivity contribution in [3.8, 4) is 0 Å².